The lowest BCUT2D eigenvalue weighted by atomic mass is 10.3. The lowest BCUT2D eigenvalue weighted by molar-refractivity contribution is 0.699. The number of hydrogen-bond acceptors (Lipinski definition) is 3. The highest BCUT2D eigenvalue weighted by Gasteiger charge is 2.05. The lowest BCUT2D eigenvalue weighted by Gasteiger charge is -2.10. The van der Waals surface area contributed by atoms with E-state index in [9.17, 15) is 0 Å². The summed E-state index contributed by atoms with van der Waals surface area (Å²) in [6, 6.07) is 0. The highest BCUT2D eigenvalue weighted by Crippen LogP contribution is 1.96. The minimum absolute atomic E-state index is 0.628. The van der Waals surface area contributed by atoms with Gasteiger partial charge in [0.2, 0.25) is 0 Å². The number of nitrogens with zero attached hydrogens (tertiary/aromatic N) is 4. The molecule has 0 aliphatic carbocycles. The molecule has 0 amide bonds. The van der Waals surface area contributed by atoms with Crippen LogP contribution in [0.15, 0.2) is 4.99 Å². The van der Waals surface area contributed by atoms with Crippen molar-refractivity contribution in [1.82, 2.24) is 25.4 Å². The molecule has 0 unspecified atom stereocenters. The molecule has 6 nitrogen and oxygen atoms in total. The zero-order valence-electron chi connectivity index (χ0n) is 11.1. The molecule has 0 fully saturated rings. The molecule has 6 heteroatoms. The number of aromatic nitrogens is 3. The first-order valence-electron chi connectivity index (χ1n) is 5.98. The van der Waals surface area contributed by atoms with Gasteiger partial charge in [0.15, 0.2) is 11.8 Å². The van der Waals surface area contributed by atoms with E-state index >= 15 is 0 Å². The number of hydrogen-bond donors (Lipinski definition) is 2. The van der Waals surface area contributed by atoms with Gasteiger partial charge >= 0.3 is 0 Å². The zero-order chi connectivity index (χ0) is 12.7. The molecule has 1 aromatic heterocycles. The minimum Gasteiger partial charge on any atom is -0.356 e. The first kappa shape index (κ1) is 13.5. The summed E-state index contributed by atoms with van der Waals surface area (Å²) in [5.74, 6) is 2.62. The Morgan fingerprint density at radius 2 is 2.12 bits per heavy atom. The van der Waals surface area contributed by atoms with Crippen molar-refractivity contribution in [2.24, 2.45) is 12.0 Å². The first-order valence-corrected chi connectivity index (χ1v) is 5.98. The van der Waals surface area contributed by atoms with E-state index in [2.05, 4.69) is 32.7 Å². The molecule has 1 aromatic rings. The molecule has 0 saturated heterocycles. The molecule has 17 heavy (non-hydrogen) atoms. The van der Waals surface area contributed by atoms with Crippen molar-refractivity contribution in [3.63, 3.8) is 0 Å². The second-order valence-corrected chi connectivity index (χ2v) is 3.93. The summed E-state index contributed by atoms with van der Waals surface area (Å²) in [5, 5.41) is 14.6. The number of aryl methyl sites for hydroxylation is 1. The van der Waals surface area contributed by atoms with Gasteiger partial charge in [-0.05, 0) is 13.3 Å². The summed E-state index contributed by atoms with van der Waals surface area (Å²) in [6.07, 6.45) is 2.32. The average molecular weight is 238 g/mol. The predicted octanol–water partition coefficient (Wildman–Crippen LogP) is 0.589. The monoisotopic (exact) mass is 238 g/mol. The molecule has 2 N–H and O–H groups in total. The van der Waals surface area contributed by atoms with Crippen molar-refractivity contribution < 1.29 is 0 Å². The SMILES string of the molecule is CCCCNC(=NC)NCc1nnc(C)n1C. The van der Waals surface area contributed by atoms with Gasteiger partial charge in [-0.1, -0.05) is 13.3 Å². The molecule has 0 aromatic carbocycles. The van der Waals surface area contributed by atoms with E-state index in [1.165, 1.54) is 6.42 Å². The van der Waals surface area contributed by atoms with Crippen LogP contribution in [0.3, 0.4) is 0 Å². The van der Waals surface area contributed by atoms with E-state index in [0.29, 0.717) is 6.54 Å². The second kappa shape index (κ2) is 6.88. The third-order valence-corrected chi connectivity index (χ3v) is 2.64. The van der Waals surface area contributed by atoms with Crippen molar-refractivity contribution >= 4 is 5.96 Å². The van der Waals surface area contributed by atoms with E-state index in [1.807, 2.05) is 18.5 Å². The van der Waals surface area contributed by atoms with Crippen molar-refractivity contribution in [3.05, 3.63) is 11.6 Å². The predicted molar refractivity (Wildman–Crippen MR) is 68.8 cm³/mol. The van der Waals surface area contributed by atoms with Crippen LogP contribution >= 0.6 is 0 Å². The van der Waals surface area contributed by atoms with Gasteiger partial charge in [-0.2, -0.15) is 0 Å². The van der Waals surface area contributed by atoms with Crippen LogP contribution in [0.4, 0.5) is 0 Å². The van der Waals surface area contributed by atoms with E-state index < -0.39 is 0 Å². The number of unbranched alkanes of at least 4 members (excludes halogenated alkanes) is 1. The van der Waals surface area contributed by atoms with Gasteiger partial charge in [0.1, 0.15) is 5.82 Å². The Morgan fingerprint density at radius 1 is 1.35 bits per heavy atom. The van der Waals surface area contributed by atoms with Crippen molar-refractivity contribution in [3.8, 4) is 0 Å². The summed E-state index contributed by atoms with van der Waals surface area (Å²) in [7, 11) is 3.73. The van der Waals surface area contributed by atoms with Gasteiger partial charge in [0.05, 0.1) is 6.54 Å². The fraction of sp³-hybridized carbons (Fsp3) is 0.727. The molecule has 96 valence electrons. The lowest BCUT2D eigenvalue weighted by Crippen LogP contribution is -2.37. The van der Waals surface area contributed by atoms with Gasteiger partial charge in [-0.25, -0.2) is 0 Å². The Labute approximate surface area is 103 Å². The van der Waals surface area contributed by atoms with Crippen LogP contribution in [-0.4, -0.2) is 34.3 Å². The number of guanidine groups is 1. The Bertz CT molecular complexity index is 368. The zero-order valence-corrected chi connectivity index (χ0v) is 11.1. The minimum atomic E-state index is 0.628. The van der Waals surface area contributed by atoms with E-state index in [1.54, 1.807) is 7.05 Å². The fourth-order valence-corrected chi connectivity index (χ4v) is 1.37. The number of rotatable bonds is 5. The largest absolute Gasteiger partial charge is 0.356 e. The van der Waals surface area contributed by atoms with Crippen LogP contribution in [0.1, 0.15) is 31.4 Å². The molecule has 0 saturated carbocycles. The quantitative estimate of drug-likeness (QED) is 0.447. The molecule has 0 bridgehead atoms. The van der Waals surface area contributed by atoms with Crippen LogP contribution < -0.4 is 10.6 Å². The van der Waals surface area contributed by atoms with Gasteiger partial charge in [-0.3, -0.25) is 4.99 Å². The Morgan fingerprint density at radius 3 is 2.65 bits per heavy atom. The molecule has 0 spiro atoms. The standard InChI is InChI=1S/C11H22N6/c1-5-6-7-13-11(12-3)14-8-10-16-15-9(2)17(10)4/h5-8H2,1-4H3,(H2,12,13,14). The molecule has 0 radical (unpaired) electrons. The highest BCUT2D eigenvalue weighted by atomic mass is 15.3. The van der Waals surface area contributed by atoms with Crippen molar-refractivity contribution in [1.29, 1.82) is 0 Å². The molecule has 1 heterocycles. The van der Waals surface area contributed by atoms with Gasteiger partial charge < -0.3 is 15.2 Å². The normalized spacial score (nSPS) is 11.6. The summed E-state index contributed by atoms with van der Waals surface area (Å²) in [4.78, 5) is 4.15. The fourth-order valence-electron chi connectivity index (χ4n) is 1.37. The van der Waals surface area contributed by atoms with Gasteiger partial charge in [0, 0.05) is 20.6 Å². The van der Waals surface area contributed by atoms with E-state index in [0.717, 1.165) is 30.6 Å². The maximum atomic E-state index is 4.15. The van der Waals surface area contributed by atoms with Crippen LogP contribution in [0, 0.1) is 6.92 Å². The van der Waals surface area contributed by atoms with Crippen molar-refractivity contribution in [2.75, 3.05) is 13.6 Å². The summed E-state index contributed by atoms with van der Waals surface area (Å²) in [6.45, 7) is 5.67. The number of nitrogens with one attached hydrogen (secondary N) is 2. The topological polar surface area (TPSA) is 67.1 Å². The van der Waals surface area contributed by atoms with E-state index in [-0.39, 0.29) is 0 Å². The average Bonchev–Trinajstić information content (AvgIpc) is 2.65. The third kappa shape index (κ3) is 4.05. The van der Waals surface area contributed by atoms with Crippen LogP contribution in [-0.2, 0) is 13.6 Å². The summed E-state index contributed by atoms with van der Waals surface area (Å²) >= 11 is 0. The third-order valence-electron chi connectivity index (χ3n) is 2.64. The van der Waals surface area contributed by atoms with Gasteiger partial charge in [-0.15, -0.1) is 10.2 Å². The van der Waals surface area contributed by atoms with Crippen molar-refractivity contribution in [2.45, 2.75) is 33.2 Å². The molecular formula is C11H22N6. The maximum Gasteiger partial charge on any atom is 0.191 e. The van der Waals surface area contributed by atoms with Crippen LogP contribution in [0.25, 0.3) is 0 Å². The maximum absolute atomic E-state index is 4.15. The Hall–Kier alpha value is -1.59. The summed E-state index contributed by atoms with van der Waals surface area (Å²) in [5.41, 5.74) is 0. The molecule has 0 aliphatic rings. The summed E-state index contributed by atoms with van der Waals surface area (Å²) < 4.78 is 1.96. The van der Waals surface area contributed by atoms with Gasteiger partial charge in [0.25, 0.3) is 0 Å². The molecular weight excluding hydrogens is 216 g/mol. The molecule has 0 atom stereocenters. The molecule has 0 aliphatic heterocycles. The van der Waals surface area contributed by atoms with E-state index in [4.69, 9.17) is 0 Å². The number of aliphatic imine (C=N–C) groups is 1. The van der Waals surface area contributed by atoms with Crippen LogP contribution in [0.5, 0.6) is 0 Å². The van der Waals surface area contributed by atoms with Crippen LogP contribution in [0.2, 0.25) is 0 Å². The Kier molecular flexibility index (Phi) is 5.45. The Balaban J connectivity index is 2.40. The second-order valence-electron chi connectivity index (χ2n) is 3.93. The molecule has 1 rings (SSSR count). The first-order chi connectivity index (χ1) is 8.19. The highest BCUT2D eigenvalue weighted by molar-refractivity contribution is 5.79. The smallest absolute Gasteiger partial charge is 0.191 e.